The fourth-order valence-electron chi connectivity index (χ4n) is 1.95. The smallest absolute Gasteiger partial charge is 0.280 e. The Bertz CT molecular complexity index is 744. The van der Waals surface area contributed by atoms with Crippen molar-refractivity contribution in [3.05, 3.63) is 80.9 Å². The van der Waals surface area contributed by atoms with E-state index in [1.165, 1.54) is 12.1 Å². The molecule has 0 atom stereocenters. The number of halogens is 1. The molecule has 0 saturated carbocycles. The summed E-state index contributed by atoms with van der Waals surface area (Å²) in [6.07, 6.45) is 0.462. The molecule has 22 heavy (non-hydrogen) atoms. The second-order valence-corrected chi connectivity index (χ2v) is 5.05. The molecule has 0 heterocycles. The highest BCUT2D eigenvalue weighted by atomic mass is 35.5. The molecule has 0 aliphatic carbocycles. The van der Waals surface area contributed by atoms with Gasteiger partial charge in [-0.25, -0.2) is 0 Å². The molecule has 0 unspecified atom stereocenters. The maximum Gasteiger partial charge on any atom is 0.280 e. The highest BCUT2D eigenvalue weighted by Gasteiger charge is 2.14. The molecule has 0 bridgehead atoms. The molecule has 2 aromatic rings. The summed E-state index contributed by atoms with van der Waals surface area (Å²) < 4.78 is 0. The van der Waals surface area contributed by atoms with Gasteiger partial charge >= 0.3 is 0 Å². The first-order valence-electron chi connectivity index (χ1n) is 6.42. The summed E-state index contributed by atoms with van der Waals surface area (Å²) in [5, 5.41) is 14.7. The fraction of sp³-hybridized carbons (Fsp3) is 0.0625. The summed E-state index contributed by atoms with van der Waals surface area (Å²) in [5.41, 5.74) is 1.85. The van der Waals surface area contributed by atoms with Gasteiger partial charge in [0.05, 0.1) is 10.5 Å². The monoisotopic (exact) mass is 316 g/mol. The van der Waals surface area contributed by atoms with Crippen LogP contribution in [-0.2, 0) is 6.54 Å². The van der Waals surface area contributed by atoms with Crippen molar-refractivity contribution in [2.45, 2.75) is 6.54 Å². The van der Waals surface area contributed by atoms with E-state index in [-0.39, 0.29) is 11.3 Å². The number of nitrogens with zero attached hydrogens (tertiary/aromatic N) is 1. The van der Waals surface area contributed by atoms with Gasteiger partial charge in [0.2, 0.25) is 0 Å². The van der Waals surface area contributed by atoms with Gasteiger partial charge in [-0.15, -0.1) is 0 Å². The highest BCUT2D eigenvalue weighted by molar-refractivity contribution is 6.30. The lowest BCUT2D eigenvalue weighted by molar-refractivity contribution is -0.385. The molecular weight excluding hydrogens is 304 g/mol. The van der Waals surface area contributed by atoms with Crippen LogP contribution < -0.4 is 5.32 Å². The third-order valence-electron chi connectivity index (χ3n) is 3.10. The predicted molar refractivity (Wildman–Crippen MR) is 85.8 cm³/mol. The molecule has 0 aromatic heterocycles. The van der Waals surface area contributed by atoms with Gasteiger partial charge in [-0.2, -0.15) is 0 Å². The van der Waals surface area contributed by atoms with Crippen molar-refractivity contribution in [2.75, 3.05) is 0 Å². The number of rotatable bonds is 6. The van der Waals surface area contributed by atoms with Crippen molar-refractivity contribution in [3.63, 3.8) is 0 Å². The van der Waals surface area contributed by atoms with E-state index < -0.39 is 4.92 Å². The zero-order chi connectivity index (χ0) is 16.1. The number of benzene rings is 2. The van der Waals surface area contributed by atoms with E-state index in [4.69, 9.17) is 11.6 Å². The van der Waals surface area contributed by atoms with E-state index in [0.717, 1.165) is 5.56 Å². The maximum absolute atomic E-state index is 11.0. The Kier molecular flexibility index (Phi) is 4.91. The van der Waals surface area contributed by atoms with Gasteiger partial charge in [-0.05, 0) is 23.8 Å². The number of nitro benzene ring substituents is 1. The Hall–Kier alpha value is -2.66. The minimum Gasteiger partial charge on any atom is -0.381 e. The molecule has 6 heteroatoms. The van der Waals surface area contributed by atoms with E-state index in [0.29, 0.717) is 29.1 Å². The zero-order valence-electron chi connectivity index (χ0n) is 11.6. The van der Waals surface area contributed by atoms with Crippen molar-refractivity contribution in [1.29, 1.82) is 0 Å². The summed E-state index contributed by atoms with van der Waals surface area (Å²) in [6, 6.07) is 11.7. The van der Waals surface area contributed by atoms with Crippen LogP contribution >= 0.6 is 11.6 Å². The first kappa shape index (κ1) is 15.7. The molecule has 5 nitrogen and oxygen atoms in total. The van der Waals surface area contributed by atoms with Crippen LogP contribution in [-0.4, -0.2) is 11.2 Å². The lowest BCUT2D eigenvalue weighted by Gasteiger charge is -2.10. The normalized spacial score (nSPS) is 10.0. The summed E-state index contributed by atoms with van der Waals surface area (Å²) in [5.74, 6) is 0. The average molecular weight is 317 g/mol. The van der Waals surface area contributed by atoms with Crippen molar-refractivity contribution < 1.29 is 9.72 Å². The Morgan fingerprint density at radius 2 is 2.09 bits per heavy atom. The van der Waals surface area contributed by atoms with Gasteiger partial charge in [-0.3, -0.25) is 14.9 Å². The molecule has 0 spiro atoms. The van der Waals surface area contributed by atoms with Crippen LogP contribution in [0.5, 0.6) is 0 Å². The van der Waals surface area contributed by atoms with E-state index in [1.54, 1.807) is 12.1 Å². The zero-order valence-corrected chi connectivity index (χ0v) is 12.3. The lowest BCUT2D eigenvalue weighted by Crippen LogP contribution is -2.11. The van der Waals surface area contributed by atoms with E-state index in [1.807, 2.05) is 18.2 Å². The average Bonchev–Trinajstić information content (AvgIpc) is 2.52. The summed E-state index contributed by atoms with van der Waals surface area (Å²) >= 11 is 5.91. The second kappa shape index (κ2) is 6.87. The SMILES string of the molecule is C=C(NCc1cccc(Cl)c1)c1ccc(C=O)c([N+](=O)[O-])c1. The first-order chi connectivity index (χ1) is 10.5. The number of hydrogen-bond donors (Lipinski definition) is 1. The van der Waals surface area contributed by atoms with Crippen LogP contribution in [0.1, 0.15) is 21.5 Å². The molecular formula is C16H13ClN2O3. The van der Waals surface area contributed by atoms with Crippen molar-refractivity contribution in [3.8, 4) is 0 Å². The largest absolute Gasteiger partial charge is 0.381 e. The van der Waals surface area contributed by atoms with Gasteiger partial charge < -0.3 is 5.32 Å². The van der Waals surface area contributed by atoms with Crippen molar-refractivity contribution >= 4 is 29.3 Å². The Labute approximate surface area is 132 Å². The topological polar surface area (TPSA) is 72.2 Å². The van der Waals surface area contributed by atoms with Crippen LogP contribution in [0, 0.1) is 10.1 Å². The third kappa shape index (κ3) is 3.71. The Balaban J connectivity index is 2.14. The minimum atomic E-state index is -0.586. The molecule has 0 fully saturated rings. The molecule has 1 N–H and O–H groups in total. The number of hydrogen-bond acceptors (Lipinski definition) is 4. The fourth-order valence-corrected chi connectivity index (χ4v) is 2.16. The third-order valence-corrected chi connectivity index (χ3v) is 3.33. The summed E-state index contributed by atoms with van der Waals surface area (Å²) in [7, 11) is 0. The number of nitrogens with one attached hydrogen (secondary N) is 1. The van der Waals surface area contributed by atoms with Crippen LogP contribution in [0.4, 0.5) is 5.69 Å². The van der Waals surface area contributed by atoms with Crippen LogP contribution in [0.2, 0.25) is 5.02 Å². The molecule has 2 rings (SSSR count). The van der Waals surface area contributed by atoms with Crippen LogP contribution in [0.15, 0.2) is 49.0 Å². The van der Waals surface area contributed by atoms with E-state index in [9.17, 15) is 14.9 Å². The number of nitro groups is 1. The summed E-state index contributed by atoms with van der Waals surface area (Å²) in [6.45, 7) is 4.35. The second-order valence-electron chi connectivity index (χ2n) is 4.61. The first-order valence-corrected chi connectivity index (χ1v) is 6.80. The van der Waals surface area contributed by atoms with Crippen molar-refractivity contribution in [1.82, 2.24) is 5.32 Å². The molecule has 112 valence electrons. The van der Waals surface area contributed by atoms with Crippen LogP contribution in [0.3, 0.4) is 0 Å². The van der Waals surface area contributed by atoms with Gasteiger partial charge in [0, 0.05) is 28.9 Å². The minimum absolute atomic E-state index is 0.0383. The molecule has 0 aliphatic heterocycles. The number of carbonyl (C=O) groups excluding carboxylic acids is 1. The standard InChI is InChI=1S/C16H13ClN2O3/c1-11(18-9-12-3-2-4-15(17)7-12)13-5-6-14(10-20)16(8-13)19(21)22/h2-8,10,18H,1,9H2. The molecule has 0 amide bonds. The number of carbonyl (C=O) groups is 1. The molecule has 0 radical (unpaired) electrons. The molecule has 0 aliphatic rings. The number of aldehydes is 1. The van der Waals surface area contributed by atoms with Gasteiger partial charge in [0.25, 0.3) is 5.69 Å². The van der Waals surface area contributed by atoms with Crippen molar-refractivity contribution in [2.24, 2.45) is 0 Å². The van der Waals surface area contributed by atoms with Crippen LogP contribution in [0.25, 0.3) is 5.70 Å². The van der Waals surface area contributed by atoms with E-state index in [2.05, 4.69) is 11.9 Å². The van der Waals surface area contributed by atoms with Gasteiger partial charge in [0.1, 0.15) is 0 Å². The van der Waals surface area contributed by atoms with Gasteiger partial charge in [-0.1, -0.05) is 36.4 Å². The quantitative estimate of drug-likeness (QED) is 0.499. The lowest BCUT2D eigenvalue weighted by atomic mass is 10.1. The van der Waals surface area contributed by atoms with Gasteiger partial charge in [0.15, 0.2) is 6.29 Å². The molecule has 2 aromatic carbocycles. The summed E-state index contributed by atoms with van der Waals surface area (Å²) in [4.78, 5) is 21.2. The predicted octanol–water partition coefficient (Wildman–Crippen LogP) is 3.82. The highest BCUT2D eigenvalue weighted by Crippen LogP contribution is 2.22. The van der Waals surface area contributed by atoms with E-state index >= 15 is 0 Å². The maximum atomic E-state index is 11.0. The Morgan fingerprint density at radius 1 is 1.32 bits per heavy atom. The Morgan fingerprint density at radius 3 is 2.73 bits per heavy atom. The molecule has 0 saturated heterocycles.